The van der Waals surface area contributed by atoms with Crippen molar-refractivity contribution in [3.63, 3.8) is 0 Å². The molecular formula is C30H36FN5O2S2. The van der Waals surface area contributed by atoms with Crippen LogP contribution in [0.2, 0.25) is 0 Å². The Balaban J connectivity index is 1.59. The van der Waals surface area contributed by atoms with Crippen molar-refractivity contribution in [3.8, 4) is 6.07 Å². The van der Waals surface area contributed by atoms with Gasteiger partial charge in [0.2, 0.25) is 0 Å². The zero-order valence-electron chi connectivity index (χ0n) is 23.4. The molecule has 0 atom stereocenters. The van der Waals surface area contributed by atoms with Crippen LogP contribution >= 0.6 is 24.0 Å². The molecule has 0 spiro atoms. The van der Waals surface area contributed by atoms with Crippen LogP contribution in [0.1, 0.15) is 62.1 Å². The Hall–Kier alpha value is -3.16. The van der Waals surface area contributed by atoms with E-state index < -0.39 is 0 Å². The largest absolute Gasteiger partial charge is 0.368 e. The number of aromatic nitrogens is 1. The summed E-state index contributed by atoms with van der Waals surface area (Å²) in [6.07, 6.45) is 8.58. The van der Waals surface area contributed by atoms with Gasteiger partial charge >= 0.3 is 0 Å². The van der Waals surface area contributed by atoms with Crippen molar-refractivity contribution in [1.29, 1.82) is 5.26 Å². The van der Waals surface area contributed by atoms with Crippen molar-refractivity contribution in [2.24, 2.45) is 7.05 Å². The molecular weight excluding hydrogens is 545 g/mol. The fourth-order valence-electron chi connectivity index (χ4n) is 5.30. The summed E-state index contributed by atoms with van der Waals surface area (Å²) in [5.74, 6) is 0.288. The molecule has 10 heteroatoms. The minimum absolute atomic E-state index is 0.0741. The molecule has 0 radical (unpaired) electrons. The highest BCUT2D eigenvalue weighted by atomic mass is 32.2. The van der Waals surface area contributed by atoms with Gasteiger partial charge in [0.15, 0.2) is 0 Å². The number of hydrogen-bond acceptors (Lipinski definition) is 7. The van der Waals surface area contributed by atoms with E-state index in [1.807, 2.05) is 0 Å². The molecule has 0 saturated carbocycles. The standard InChI is InChI=1S/C30H36FN5O2S2/c1-4-5-6-7-8-9-14-36-29(38)26(40-30(36)39)19-24-21(2)25(20-32)28(37)33(3)27(24)35-17-15-34(16-18-35)23-12-10-22(31)11-13-23/h10-13,19H,4-9,14-18H2,1-3H3. The molecule has 2 saturated heterocycles. The molecule has 2 fully saturated rings. The van der Waals surface area contributed by atoms with E-state index in [1.54, 1.807) is 37.1 Å². The highest BCUT2D eigenvalue weighted by Gasteiger charge is 2.33. The minimum Gasteiger partial charge on any atom is -0.368 e. The van der Waals surface area contributed by atoms with Gasteiger partial charge in [-0.25, -0.2) is 4.39 Å². The van der Waals surface area contributed by atoms with E-state index in [2.05, 4.69) is 22.8 Å². The summed E-state index contributed by atoms with van der Waals surface area (Å²) in [5.41, 5.74) is 1.91. The van der Waals surface area contributed by atoms with Crippen molar-refractivity contribution in [2.75, 3.05) is 42.5 Å². The van der Waals surface area contributed by atoms with Crippen LogP contribution < -0.4 is 15.4 Å². The Morgan fingerprint density at radius 3 is 2.30 bits per heavy atom. The molecule has 0 unspecified atom stereocenters. The molecule has 2 aliphatic rings. The number of unbranched alkanes of at least 4 members (excludes halogenated alkanes) is 5. The number of thiocarbonyl (C=S) groups is 1. The number of piperazine rings is 1. The number of thioether (sulfide) groups is 1. The van der Waals surface area contributed by atoms with Crippen molar-refractivity contribution >= 4 is 51.8 Å². The van der Waals surface area contributed by atoms with Gasteiger partial charge in [0.1, 0.15) is 27.6 Å². The molecule has 212 valence electrons. The van der Waals surface area contributed by atoms with Crippen LogP contribution in [-0.4, -0.2) is 52.4 Å². The Kier molecular flexibility index (Phi) is 10.0. The lowest BCUT2D eigenvalue weighted by Gasteiger charge is -2.38. The van der Waals surface area contributed by atoms with E-state index >= 15 is 0 Å². The number of nitrogens with zero attached hydrogens (tertiary/aromatic N) is 5. The second kappa shape index (κ2) is 13.5. The van der Waals surface area contributed by atoms with E-state index in [1.165, 1.54) is 47.7 Å². The zero-order chi connectivity index (χ0) is 28.8. The van der Waals surface area contributed by atoms with Gasteiger partial charge in [0.05, 0.1) is 4.91 Å². The third kappa shape index (κ3) is 6.42. The van der Waals surface area contributed by atoms with E-state index in [9.17, 15) is 19.2 Å². The molecule has 1 aromatic carbocycles. The Bertz CT molecular complexity index is 1390. The van der Waals surface area contributed by atoms with Gasteiger partial charge in [-0.05, 0) is 49.2 Å². The molecule has 1 aromatic heterocycles. The molecule has 0 N–H and O–H groups in total. The third-order valence-electron chi connectivity index (χ3n) is 7.62. The maximum absolute atomic E-state index is 13.4. The van der Waals surface area contributed by atoms with Gasteiger partial charge in [0, 0.05) is 51.0 Å². The number of carbonyl (C=O) groups excluding carboxylic acids is 1. The number of nitriles is 1. The molecule has 7 nitrogen and oxygen atoms in total. The predicted octanol–water partition coefficient (Wildman–Crippen LogP) is 5.59. The topological polar surface area (TPSA) is 72.6 Å². The maximum Gasteiger partial charge on any atom is 0.270 e. The van der Waals surface area contributed by atoms with E-state index in [0.29, 0.717) is 58.9 Å². The number of anilines is 2. The number of amides is 1. The minimum atomic E-state index is -0.358. The molecule has 3 heterocycles. The van der Waals surface area contributed by atoms with Crippen molar-refractivity contribution in [3.05, 3.63) is 62.0 Å². The SMILES string of the molecule is CCCCCCCCN1C(=O)C(=Cc2c(C)c(C#N)c(=O)n(C)c2N2CCN(c3ccc(F)cc3)CC2)SC1=S. The zero-order valence-corrected chi connectivity index (χ0v) is 25.0. The molecule has 2 aliphatic heterocycles. The number of carbonyl (C=O) groups is 1. The lowest BCUT2D eigenvalue weighted by molar-refractivity contribution is -0.122. The number of hydrogen-bond donors (Lipinski definition) is 0. The van der Waals surface area contributed by atoms with Crippen LogP contribution in [0.15, 0.2) is 34.0 Å². The summed E-state index contributed by atoms with van der Waals surface area (Å²) in [7, 11) is 1.67. The number of pyridine rings is 1. The second-order valence-electron chi connectivity index (χ2n) is 10.3. The van der Waals surface area contributed by atoms with Crippen LogP contribution in [0.25, 0.3) is 6.08 Å². The summed E-state index contributed by atoms with van der Waals surface area (Å²) < 4.78 is 15.5. The first-order valence-electron chi connectivity index (χ1n) is 13.9. The smallest absolute Gasteiger partial charge is 0.270 e. The first-order valence-corrected chi connectivity index (χ1v) is 15.1. The molecule has 2 aromatic rings. The molecule has 0 aliphatic carbocycles. The highest BCUT2D eigenvalue weighted by molar-refractivity contribution is 8.26. The van der Waals surface area contributed by atoms with Crippen LogP contribution in [-0.2, 0) is 11.8 Å². The molecule has 1 amide bonds. The van der Waals surface area contributed by atoms with Gasteiger partial charge in [0.25, 0.3) is 11.5 Å². The Morgan fingerprint density at radius 2 is 1.65 bits per heavy atom. The Labute approximate surface area is 245 Å². The molecule has 40 heavy (non-hydrogen) atoms. The van der Waals surface area contributed by atoms with E-state index in [-0.39, 0.29) is 22.8 Å². The van der Waals surface area contributed by atoms with Crippen molar-refractivity contribution in [1.82, 2.24) is 9.47 Å². The van der Waals surface area contributed by atoms with Crippen molar-refractivity contribution in [2.45, 2.75) is 52.4 Å². The number of rotatable bonds is 10. The van der Waals surface area contributed by atoms with Gasteiger partial charge < -0.3 is 9.80 Å². The second-order valence-corrected chi connectivity index (χ2v) is 11.9. The van der Waals surface area contributed by atoms with Crippen LogP contribution in [0, 0.1) is 24.1 Å². The van der Waals surface area contributed by atoms with Gasteiger partial charge in [-0.1, -0.05) is 63.0 Å². The van der Waals surface area contributed by atoms with E-state index in [4.69, 9.17) is 12.2 Å². The van der Waals surface area contributed by atoms with Gasteiger partial charge in [-0.15, -0.1) is 0 Å². The highest BCUT2D eigenvalue weighted by Crippen LogP contribution is 2.36. The first kappa shape index (κ1) is 29.8. The van der Waals surface area contributed by atoms with E-state index in [0.717, 1.165) is 24.9 Å². The van der Waals surface area contributed by atoms with Crippen LogP contribution in [0.5, 0.6) is 0 Å². The quantitative estimate of drug-likeness (QED) is 0.206. The van der Waals surface area contributed by atoms with Gasteiger partial charge in [-0.2, -0.15) is 5.26 Å². The predicted molar refractivity (Wildman–Crippen MR) is 165 cm³/mol. The first-order chi connectivity index (χ1) is 19.3. The molecule has 4 rings (SSSR count). The lowest BCUT2D eigenvalue weighted by Crippen LogP contribution is -2.48. The summed E-state index contributed by atoms with van der Waals surface area (Å²) in [5, 5.41) is 9.77. The summed E-state index contributed by atoms with van der Waals surface area (Å²) in [6.45, 7) is 7.16. The molecule has 0 bridgehead atoms. The maximum atomic E-state index is 13.4. The fraction of sp³-hybridized carbons (Fsp3) is 0.467. The van der Waals surface area contributed by atoms with Crippen molar-refractivity contribution < 1.29 is 9.18 Å². The average molecular weight is 582 g/mol. The summed E-state index contributed by atoms with van der Waals surface area (Å²) in [4.78, 5) is 33.0. The Morgan fingerprint density at radius 1 is 1.02 bits per heavy atom. The number of halogens is 1. The average Bonchev–Trinajstić information content (AvgIpc) is 3.22. The monoisotopic (exact) mass is 581 g/mol. The van der Waals surface area contributed by atoms with Gasteiger partial charge in [-0.3, -0.25) is 19.1 Å². The van der Waals surface area contributed by atoms with Crippen LogP contribution in [0.3, 0.4) is 0 Å². The fourth-order valence-corrected chi connectivity index (χ4v) is 6.59. The summed E-state index contributed by atoms with van der Waals surface area (Å²) >= 11 is 6.84. The lowest BCUT2D eigenvalue weighted by atomic mass is 10.0. The number of benzene rings is 1. The normalized spacial score (nSPS) is 16.8. The third-order valence-corrected chi connectivity index (χ3v) is 9.00. The van der Waals surface area contributed by atoms with Crippen LogP contribution in [0.4, 0.5) is 15.9 Å². The summed E-state index contributed by atoms with van der Waals surface area (Å²) in [6, 6.07) is 8.51.